The van der Waals surface area contributed by atoms with Crippen molar-refractivity contribution in [2.24, 2.45) is 5.92 Å². The van der Waals surface area contributed by atoms with E-state index in [1.807, 2.05) is 31.3 Å². The maximum absolute atomic E-state index is 12.4. The monoisotopic (exact) mass is 492 g/mol. The predicted octanol–water partition coefficient (Wildman–Crippen LogP) is 6.53. The van der Waals surface area contributed by atoms with Crippen molar-refractivity contribution in [3.8, 4) is 0 Å². The van der Waals surface area contributed by atoms with Crippen LogP contribution in [0.1, 0.15) is 48.7 Å². The first-order valence-electron chi connectivity index (χ1n) is 11.1. The topological polar surface area (TPSA) is 80.0 Å². The van der Waals surface area contributed by atoms with Crippen LogP contribution in [0.4, 0.5) is 24.5 Å². The second-order valence-corrected chi connectivity index (χ2v) is 8.95. The van der Waals surface area contributed by atoms with E-state index in [4.69, 9.17) is 17.3 Å². The van der Waals surface area contributed by atoms with Crippen molar-refractivity contribution in [3.63, 3.8) is 0 Å². The minimum atomic E-state index is -4.50. The molecule has 0 aliphatic heterocycles. The molecule has 34 heavy (non-hydrogen) atoms. The number of nitrogens with zero attached hydrogens (tertiary/aromatic N) is 1. The molecular weight excluding hydrogens is 465 g/mol. The average molecular weight is 493 g/mol. The first-order valence-corrected chi connectivity index (χ1v) is 11.5. The highest BCUT2D eigenvalue weighted by Crippen LogP contribution is 2.32. The fourth-order valence-corrected chi connectivity index (χ4v) is 4.03. The largest absolute Gasteiger partial charge is 0.433 e. The van der Waals surface area contributed by atoms with Gasteiger partial charge < -0.3 is 16.4 Å². The lowest BCUT2D eigenvalue weighted by Gasteiger charge is -2.26. The summed E-state index contributed by atoms with van der Waals surface area (Å²) < 4.78 is 37.3. The number of nitrogen functional groups attached to an aromatic ring is 1. The van der Waals surface area contributed by atoms with Crippen molar-refractivity contribution in [2.75, 3.05) is 18.1 Å². The Bertz CT molecular complexity index is 1140. The predicted molar refractivity (Wildman–Crippen MR) is 131 cm³/mol. The first kappa shape index (κ1) is 25.6. The van der Waals surface area contributed by atoms with E-state index in [2.05, 4.69) is 22.5 Å². The third-order valence-corrected chi connectivity index (χ3v) is 6.09. The SMILES string of the molecule is CNc1cccc(C(=O)NC2CCC(C)CC2)c1.Nc1cc(C(F)(F)F)nc2ccc(Cl)cc12. The molecule has 1 amide bonds. The van der Waals surface area contributed by atoms with Crippen molar-refractivity contribution in [3.05, 3.63) is 64.8 Å². The molecule has 0 saturated heterocycles. The van der Waals surface area contributed by atoms with E-state index in [-0.39, 0.29) is 17.1 Å². The van der Waals surface area contributed by atoms with Crippen LogP contribution in [0.3, 0.4) is 0 Å². The Hall–Kier alpha value is -3.00. The van der Waals surface area contributed by atoms with Gasteiger partial charge in [0.1, 0.15) is 5.69 Å². The number of fused-ring (bicyclic) bond motifs is 1. The molecule has 182 valence electrons. The highest BCUT2D eigenvalue weighted by atomic mass is 35.5. The number of carbonyl (C=O) groups is 1. The molecule has 1 aliphatic rings. The molecule has 0 bridgehead atoms. The molecule has 1 aromatic heterocycles. The number of alkyl halides is 3. The highest BCUT2D eigenvalue weighted by molar-refractivity contribution is 6.31. The van der Waals surface area contributed by atoms with Gasteiger partial charge in [0.25, 0.3) is 5.91 Å². The molecular formula is C25H28ClF3N4O. The summed E-state index contributed by atoms with van der Waals surface area (Å²) in [6.45, 7) is 2.29. The Labute approximate surface area is 201 Å². The lowest BCUT2D eigenvalue weighted by molar-refractivity contribution is -0.140. The van der Waals surface area contributed by atoms with Gasteiger partial charge in [0.05, 0.1) is 5.52 Å². The van der Waals surface area contributed by atoms with Crippen molar-refractivity contribution in [1.29, 1.82) is 0 Å². The van der Waals surface area contributed by atoms with Crippen LogP contribution in [0.25, 0.3) is 10.9 Å². The van der Waals surface area contributed by atoms with E-state index < -0.39 is 11.9 Å². The number of nitrogens with two attached hydrogens (primary N) is 1. The molecule has 0 atom stereocenters. The molecule has 2 aromatic carbocycles. The van der Waals surface area contributed by atoms with E-state index in [9.17, 15) is 18.0 Å². The summed E-state index contributed by atoms with van der Waals surface area (Å²) in [5.74, 6) is 0.859. The molecule has 1 fully saturated rings. The van der Waals surface area contributed by atoms with Gasteiger partial charge >= 0.3 is 6.18 Å². The van der Waals surface area contributed by atoms with Gasteiger partial charge in [-0.1, -0.05) is 24.6 Å². The molecule has 1 aliphatic carbocycles. The Morgan fingerprint density at radius 2 is 1.79 bits per heavy atom. The molecule has 4 N–H and O–H groups in total. The summed E-state index contributed by atoms with van der Waals surface area (Å²) in [7, 11) is 1.86. The number of benzene rings is 2. The Morgan fingerprint density at radius 1 is 1.09 bits per heavy atom. The third kappa shape index (κ3) is 6.76. The fourth-order valence-electron chi connectivity index (χ4n) is 3.86. The van der Waals surface area contributed by atoms with E-state index in [1.165, 1.54) is 31.0 Å². The molecule has 5 nitrogen and oxygen atoms in total. The van der Waals surface area contributed by atoms with Gasteiger partial charge in [-0.2, -0.15) is 13.2 Å². The number of halogens is 4. The zero-order chi connectivity index (χ0) is 24.9. The normalized spacial score (nSPS) is 18.1. The van der Waals surface area contributed by atoms with Crippen LogP contribution in [-0.4, -0.2) is 24.0 Å². The molecule has 0 radical (unpaired) electrons. The number of amides is 1. The summed E-state index contributed by atoms with van der Waals surface area (Å²) in [5, 5.41) is 7.01. The lowest BCUT2D eigenvalue weighted by Crippen LogP contribution is -2.37. The molecule has 4 rings (SSSR count). The second kappa shape index (κ2) is 11.0. The van der Waals surface area contributed by atoms with Crippen LogP contribution in [0, 0.1) is 5.92 Å². The van der Waals surface area contributed by atoms with Crippen LogP contribution < -0.4 is 16.4 Å². The number of carbonyl (C=O) groups excluding carboxylic acids is 1. The Balaban J connectivity index is 0.000000192. The van der Waals surface area contributed by atoms with Crippen LogP contribution in [0.2, 0.25) is 5.02 Å². The van der Waals surface area contributed by atoms with Crippen molar-refractivity contribution >= 4 is 39.8 Å². The molecule has 0 unspecified atom stereocenters. The lowest BCUT2D eigenvalue weighted by atomic mass is 9.87. The van der Waals surface area contributed by atoms with Crippen LogP contribution in [0.15, 0.2) is 48.5 Å². The maximum atomic E-state index is 12.4. The van der Waals surface area contributed by atoms with Crippen molar-refractivity contribution < 1.29 is 18.0 Å². The minimum absolute atomic E-state index is 0.0137. The number of nitrogens with one attached hydrogen (secondary N) is 2. The van der Waals surface area contributed by atoms with E-state index in [0.29, 0.717) is 16.5 Å². The van der Waals surface area contributed by atoms with Gasteiger partial charge in [-0.15, -0.1) is 0 Å². The highest BCUT2D eigenvalue weighted by Gasteiger charge is 2.33. The van der Waals surface area contributed by atoms with Gasteiger partial charge in [-0.3, -0.25) is 4.79 Å². The average Bonchev–Trinajstić information content (AvgIpc) is 2.80. The summed E-state index contributed by atoms with van der Waals surface area (Å²) >= 11 is 5.71. The number of pyridine rings is 1. The quantitative estimate of drug-likeness (QED) is 0.388. The summed E-state index contributed by atoms with van der Waals surface area (Å²) in [5.41, 5.74) is 6.42. The standard InChI is InChI=1S/C15H22N2O.C10H6ClF3N2/c1-11-6-8-13(9-7-11)17-15(18)12-4-3-5-14(10-12)16-2;11-5-1-2-8-6(3-5)7(15)4-9(16-8)10(12,13)14/h3-5,10-11,13,16H,6-9H2,1-2H3,(H,17,18);1-4H,(H2,15,16). The molecule has 0 spiro atoms. The number of anilines is 2. The molecule has 1 heterocycles. The van der Waals surface area contributed by atoms with Gasteiger partial charge in [0.2, 0.25) is 0 Å². The zero-order valence-corrected chi connectivity index (χ0v) is 19.8. The number of aromatic nitrogens is 1. The maximum Gasteiger partial charge on any atom is 0.433 e. The van der Waals surface area contributed by atoms with E-state index >= 15 is 0 Å². The second-order valence-electron chi connectivity index (χ2n) is 8.52. The van der Waals surface area contributed by atoms with Crippen LogP contribution >= 0.6 is 11.6 Å². The third-order valence-electron chi connectivity index (χ3n) is 5.86. The van der Waals surface area contributed by atoms with E-state index in [1.54, 1.807) is 0 Å². The van der Waals surface area contributed by atoms with E-state index in [0.717, 1.165) is 36.1 Å². The van der Waals surface area contributed by atoms with Crippen molar-refractivity contribution in [1.82, 2.24) is 10.3 Å². The molecule has 9 heteroatoms. The number of hydrogen-bond acceptors (Lipinski definition) is 4. The molecule has 1 saturated carbocycles. The Morgan fingerprint density at radius 3 is 2.44 bits per heavy atom. The summed E-state index contributed by atoms with van der Waals surface area (Å²) in [6, 6.07) is 13.1. The van der Waals surface area contributed by atoms with Gasteiger partial charge in [-0.25, -0.2) is 4.98 Å². The Kier molecular flexibility index (Phi) is 8.25. The number of hydrogen-bond donors (Lipinski definition) is 3. The van der Waals surface area contributed by atoms with Crippen LogP contribution in [0.5, 0.6) is 0 Å². The summed E-state index contributed by atoms with van der Waals surface area (Å²) in [6.07, 6.45) is 0.169. The van der Waals surface area contributed by atoms with Gasteiger partial charge in [0.15, 0.2) is 0 Å². The minimum Gasteiger partial charge on any atom is -0.398 e. The van der Waals surface area contributed by atoms with Gasteiger partial charge in [-0.05, 0) is 74.1 Å². The van der Waals surface area contributed by atoms with Crippen molar-refractivity contribution in [2.45, 2.75) is 44.8 Å². The zero-order valence-electron chi connectivity index (χ0n) is 19.0. The van der Waals surface area contributed by atoms with Gasteiger partial charge in [0, 0.05) is 40.4 Å². The van der Waals surface area contributed by atoms with Crippen LogP contribution in [-0.2, 0) is 6.18 Å². The number of rotatable bonds is 3. The smallest absolute Gasteiger partial charge is 0.398 e. The molecule has 3 aromatic rings. The first-order chi connectivity index (χ1) is 16.1. The summed E-state index contributed by atoms with van der Waals surface area (Å²) in [4.78, 5) is 15.6. The fraction of sp³-hybridized carbons (Fsp3) is 0.360.